The van der Waals surface area contributed by atoms with Crippen LogP contribution in [0.15, 0.2) is 53.6 Å². The molecule has 3 aliphatic rings. The van der Waals surface area contributed by atoms with Crippen LogP contribution in [0.5, 0.6) is 0 Å². The van der Waals surface area contributed by atoms with Gasteiger partial charge in [-0.15, -0.1) is 0 Å². The molecular formula is C36H42FN7O3. The lowest BCUT2D eigenvalue weighted by atomic mass is 9.90. The van der Waals surface area contributed by atoms with Crippen LogP contribution in [0.3, 0.4) is 0 Å². The molecule has 10 nitrogen and oxygen atoms in total. The number of nitrogens with one attached hydrogen (secondary N) is 1. The summed E-state index contributed by atoms with van der Waals surface area (Å²) in [6.07, 6.45) is 5.26. The first-order valence-electron chi connectivity index (χ1n) is 16.4. The van der Waals surface area contributed by atoms with Crippen molar-refractivity contribution in [2.75, 3.05) is 54.4 Å². The van der Waals surface area contributed by atoms with Gasteiger partial charge in [-0.1, -0.05) is 20.8 Å². The number of likely N-dealkylation sites (N-methyl/N-ethyl adjacent to an activating group) is 1. The zero-order chi connectivity index (χ0) is 33.0. The standard InChI is InChI=1S/C36H42FN7O3/c1-5-41-8-10-42(11-9-41)26-6-7-33(38-20-26)39-29-14-24(21-40(4)34(29)46)27-16-25(37)17-30(28(27)22-45)44-13-12-43-31(35(44)47)15-23-18-36(2,3)19-32(23)43/h6-7,14-17,20-21,45H,5,8-13,18-19,22H2,1-4H3,(H,38,39). The Morgan fingerprint density at radius 2 is 1.79 bits per heavy atom. The lowest BCUT2D eigenvalue weighted by Gasteiger charge is -2.35. The molecule has 2 N–H and O–H groups in total. The lowest BCUT2D eigenvalue weighted by molar-refractivity contribution is 0.0963. The normalized spacial score (nSPS) is 17.6. The Labute approximate surface area is 274 Å². The second-order valence-electron chi connectivity index (χ2n) is 13.7. The van der Waals surface area contributed by atoms with Crippen LogP contribution in [-0.2, 0) is 33.0 Å². The molecule has 2 aliphatic heterocycles. The lowest BCUT2D eigenvalue weighted by Crippen LogP contribution is -2.46. The van der Waals surface area contributed by atoms with Gasteiger partial charge in [0, 0.05) is 69.3 Å². The van der Waals surface area contributed by atoms with E-state index in [-0.39, 0.29) is 22.6 Å². The predicted octanol–water partition coefficient (Wildman–Crippen LogP) is 4.55. The number of pyridine rings is 2. The third-order valence-corrected chi connectivity index (χ3v) is 9.95. The molecule has 0 atom stereocenters. The number of amides is 1. The molecule has 1 aliphatic carbocycles. The van der Waals surface area contributed by atoms with Crippen molar-refractivity contribution in [3.63, 3.8) is 0 Å². The molecule has 1 aromatic carbocycles. The summed E-state index contributed by atoms with van der Waals surface area (Å²) in [6.45, 7) is 12.1. The van der Waals surface area contributed by atoms with Crippen LogP contribution in [0.25, 0.3) is 11.1 Å². The maximum absolute atomic E-state index is 15.4. The highest BCUT2D eigenvalue weighted by Crippen LogP contribution is 2.41. The van der Waals surface area contributed by atoms with E-state index in [1.807, 2.05) is 24.4 Å². The maximum Gasteiger partial charge on any atom is 0.274 e. The van der Waals surface area contributed by atoms with Crippen molar-refractivity contribution in [3.8, 4) is 11.1 Å². The molecule has 4 aromatic rings. The zero-order valence-corrected chi connectivity index (χ0v) is 27.5. The first-order valence-corrected chi connectivity index (χ1v) is 16.4. The molecule has 1 amide bonds. The fourth-order valence-electron chi connectivity index (χ4n) is 7.48. The molecule has 11 heteroatoms. The number of rotatable bonds is 7. The van der Waals surface area contributed by atoms with Gasteiger partial charge in [-0.3, -0.25) is 9.59 Å². The van der Waals surface area contributed by atoms with Crippen molar-refractivity contribution in [2.45, 2.75) is 46.8 Å². The fourth-order valence-corrected chi connectivity index (χ4v) is 7.48. The number of carbonyl (C=O) groups is 1. The Morgan fingerprint density at radius 1 is 1.00 bits per heavy atom. The minimum atomic E-state index is -0.536. The number of aromatic nitrogens is 3. The van der Waals surface area contributed by atoms with Gasteiger partial charge in [0.1, 0.15) is 23.0 Å². The summed E-state index contributed by atoms with van der Waals surface area (Å²) in [7, 11) is 1.63. The zero-order valence-electron chi connectivity index (χ0n) is 27.5. The van der Waals surface area contributed by atoms with Crippen molar-refractivity contribution >= 4 is 28.8 Å². The number of aliphatic hydroxyl groups is 1. The summed E-state index contributed by atoms with van der Waals surface area (Å²) < 4.78 is 18.9. The summed E-state index contributed by atoms with van der Waals surface area (Å²) in [6, 6.07) is 10.1. The van der Waals surface area contributed by atoms with Crippen LogP contribution in [0.2, 0.25) is 0 Å². The number of piperazine rings is 1. The molecule has 0 unspecified atom stereocenters. The van der Waals surface area contributed by atoms with Gasteiger partial charge in [-0.2, -0.15) is 0 Å². The largest absolute Gasteiger partial charge is 0.392 e. The number of carbonyl (C=O) groups excluding carboxylic acids is 1. The van der Waals surface area contributed by atoms with Gasteiger partial charge in [0.15, 0.2) is 0 Å². The molecule has 0 bridgehead atoms. The minimum Gasteiger partial charge on any atom is -0.392 e. The van der Waals surface area contributed by atoms with Gasteiger partial charge < -0.3 is 34.3 Å². The highest BCUT2D eigenvalue weighted by molar-refractivity contribution is 6.07. The molecule has 0 spiro atoms. The summed E-state index contributed by atoms with van der Waals surface area (Å²) >= 11 is 0. The van der Waals surface area contributed by atoms with E-state index >= 15 is 4.39 Å². The molecule has 5 heterocycles. The Kier molecular flexibility index (Phi) is 7.92. The molecular weight excluding hydrogens is 597 g/mol. The van der Waals surface area contributed by atoms with Crippen LogP contribution in [0.4, 0.5) is 27.3 Å². The van der Waals surface area contributed by atoms with Crippen LogP contribution in [0, 0.1) is 11.2 Å². The average molecular weight is 640 g/mol. The van der Waals surface area contributed by atoms with Crippen molar-refractivity contribution in [1.29, 1.82) is 0 Å². The van der Waals surface area contributed by atoms with E-state index in [9.17, 15) is 14.7 Å². The van der Waals surface area contributed by atoms with E-state index < -0.39 is 12.4 Å². The minimum absolute atomic E-state index is 0.168. The van der Waals surface area contributed by atoms with E-state index in [0.717, 1.165) is 51.3 Å². The van der Waals surface area contributed by atoms with Crippen LogP contribution < -0.4 is 20.7 Å². The molecule has 47 heavy (non-hydrogen) atoms. The molecule has 246 valence electrons. The van der Waals surface area contributed by atoms with Crippen molar-refractivity contribution in [1.82, 2.24) is 19.0 Å². The molecule has 3 aromatic heterocycles. The Bertz CT molecular complexity index is 1900. The topological polar surface area (TPSA) is 98.9 Å². The third-order valence-electron chi connectivity index (χ3n) is 9.95. The van der Waals surface area contributed by atoms with Gasteiger partial charge >= 0.3 is 0 Å². The number of fused-ring (bicyclic) bond motifs is 3. The second-order valence-corrected chi connectivity index (χ2v) is 13.7. The van der Waals surface area contributed by atoms with E-state index in [1.165, 1.54) is 28.0 Å². The van der Waals surface area contributed by atoms with Crippen molar-refractivity contribution in [3.05, 3.63) is 87.5 Å². The maximum atomic E-state index is 15.4. The average Bonchev–Trinajstić information content (AvgIpc) is 3.55. The van der Waals surface area contributed by atoms with Gasteiger partial charge in [-0.05, 0) is 72.3 Å². The summed E-state index contributed by atoms with van der Waals surface area (Å²) in [5, 5.41) is 13.8. The summed E-state index contributed by atoms with van der Waals surface area (Å²) in [5.41, 5.74) is 5.89. The third kappa shape index (κ3) is 5.72. The predicted molar refractivity (Wildman–Crippen MR) is 182 cm³/mol. The Balaban J connectivity index is 1.18. The summed E-state index contributed by atoms with van der Waals surface area (Å²) in [5.74, 6) is -0.236. The van der Waals surface area contributed by atoms with Gasteiger partial charge in [0.2, 0.25) is 0 Å². The van der Waals surface area contributed by atoms with Crippen LogP contribution in [0.1, 0.15) is 48.1 Å². The van der Waals surface area contributed by atoms with E-state index in [2.05, 4.69) is 45.4 Å². The first-order chi connectivity index (χ1) is 22.5. The van der Waals surface area contributed by atoms with Gasteiger partial charge in [-0.25, -0.2) is 9.37 Å². The monoisotopic (exact) mass is 639 g/mol. The van der Waals surface area contributed by atoms with Crippen molar-refractivity contribution < 1.29 is 14.3 Å². The second kappa shape index (κ2) is 12.0. The SMILES string of the molecule is CCN1CCN(c2ccc(Nc3cc(-c4cc(F)cc(N5CCn6c(cc7c6CC(C)(C)C7)C5=O)c4CO)cn(C)c3=O)nc2)CC1. The van der Waals surface area contributed by atoms with E-state index in [1.54, 1.807) is 24.2 Å². The smallest absolute Gasteiger partial charge is 0.274 e. The van der Waals surface area contributed by atoms with E-state index in [0.29, 0.717) is 47.0 Å². The number of nitrogens with zero attached hydrogens (tertiary/aromatic N) is 6. The number of benzene rings is 1. The number of hydrogen-bond donors (Lipinski definition) is 2. The Hall–Kier alpha value is -4.48. The summed E-state index contributed by atoms with van der Waals surface area (Å²) in [4.78, 5) is 37.9. The highest BCUT2D eigenvalue weighted by atomic mass is 19.1. The van der Waals surface area contributed by atoms with E-state index in [4.69, 9.17) is 0 Å². The Morgan fingerprint density at radius 3 is 2.49 bits per heavy atom. The first kappa shape index (κ1) is 31.1. The fraction of sp³-hybridized carbons (Fsp3) is 0.417. The van der Waals surface area contributed by atoms with Gasteiger partial charge in [0.05, 0.1) is 24.2 Å². The highest BCUT2D eigenvalue weighted by Gasteiger charge is 2.37. The quantitative estimate of drug-likeness (QED) is 0.306. The molecule has 7 rings (SSSR count). The molecule has 1 fully saturated rings. The number of aliphatic hydroxyl groups excluding tert-OH is 1. The number of anilines is 4. The number of halogens is 1. The molecule has 0 saturated carbocycles. The molecule has 1 saturated heterocycles. The van der Waals surface area contributed by atoms with Crippen LogP contribution >= 0.6 is 0 Å². The van der Waals surface area contributed by atoms with Crippen molar-refractivity contribution in [2.24, 2.45) is 12.5 Å². The van der Waals surface area contributed by atoms with Gasteiger partial charge in [0.25, 0.3) is 11.5 Å². The molecule has 0 radical (unpaired) electrons. The number of hydrogen-bond acceptors (Lipinski definition) is 7. The van der Waals surface area contributed by atoms with Crippen LogP contribution in [-0.4, -0.2) is 69.3 Å². The number of aryl methyl sites for hydroxylation is 1.